The molecule has 1 aromatic carbocycles. The van der Waals surface area contributed by atoms with Gasteiger partial charge in [0.2, 0.25) is 5.91 Å². The molecule has 1 aliphatic carbocycles. The molecule has 0 radical (unpaired) electrons. The van der Waals surface area contributed by atoms with Gasteiger partial charge in [-0.3, -0.25) is 9.36 Å². The predicted octanol–water partition coefficient (Wildman–Crippen LogP) is 3.60. The zero-order valence-corrected chi connectivity index (χ0v) is 11.6. The Bertz CT molecular complexity index is 713. The summed E-state index contributed by atoms with van der Waals surface area (Å²) >= 11 is 0. The number of carbonyl (C=O) groups excluding carboxylic acids is 1. The van der Waals surface area contributed by atoms with E-state index in [0.29, 0.717) is 5.92 Å². The number of hydrogen-bond donors (Lipinski definition) is 0. The first-order valence-corrected chi connectivity index (χ1v) is 6.99. The van der Waals surface area contributed by atoms with Crippen molar-refractivity contribution < 1.29 is 4.79 Å². The zero-order chi connectivity index (χ0) is 13.4. The molecule has 0 unspecified atom stereocenters. The highest BCUT2D eigenvalue weighted by molar-refractivity contribution is 5.96. The molecule has 2 aromatic rings. The van der Waals surface area contributed by atoms with Gasteiger partial charge in [-0.2, -0.15) is 0 Å². The molecular weight excluding hydrogens is 236 g/mol. The third-order valence-electron chi connectivity index (χ3n) is 5.80. The van der Waals surface area contributed by atoms with Crippen LogP contribution in [0.15, 0.2) is 24.3 Å². The van der Waals surface area contributed by atoms with Gasteiger partial charge in [-0.05, 0) is 30.4 Å². The van der Waals surface area contributed by atoms with E-state index in [1.54, 1.807) is 0 Å². The molecule has 2 heterocycles. The van der Waals surface area contributed by atoms with Crippen molar-refractivity contribution >= 4 is 16.9 Å². The van der Waals surface area contributed by atoms with E-state index in [-0.39, 0.29) is 16.7 Å². The largest absolute Gasteiger partial charge is 0.273 e. The van der Waals surface area contributed by atoms with Gasteiger partial charge in [-0.15, -0.1) is 0 Å². The maximum atomic E-state index is 13.0. The van der Waals surface area contributed by atoms with E-state index < -0.39 is 0 Å². The van der Waals surface area contributed by atoms with Crippen molar-refractivity contribution in [2.45, 2.75) is 39.5 Å². The van der Waals surface area contributed by atoms with Gasteiger partial charge >= 0.3 is 0 Å². The Morgan fingerprint density at radius 3 is 2.79 bits per heavy atom. The van der Waals surface area contributed by atoms with Gasteiger partial charge in [-0.25, -0.2) is 4.98 Å². The van der Waals surface area contributed by atoms with Crippen LogP contribution >= 0.6 is 0 Å². The smallest absolute Gasteiger partial charge is 0.239 e. The molecule has 3 heteroatoms. The quantitative estimate of drug-likeness (QED) is 0.720. The Hall–Kier alpha value is -1.64. The fraction of sp³-hybridized carbons (Fsp3) is 0.500. The molecule has 3 nitrogen and oxygen atoms in total. The van der Waals surface area contributed by atoms with Crippen LogP contribution in [0.25, 0.3) is 11.0 Å². The van der Waals surface area contributed by atoms with E-state index in [9.17, 15) is 4.79 Å². The molecule has 1 aliphatic heterocycles. The lowest BCUT2D eigenvalue weighted by atomic mass is 9.63. The number of nitrogens with zero attached hydrogens (tertiary/aromatic N) is 2. The molecule has 98 valence electrons. The van der Waals surface area contributed by atoms with Gasteiger partial charge in [0.05, 0.1) is 16.4 Å². The fourth-order valence-electron chi connectivity index (χ4n) is 4.07. The second-order valence-electron chi connectivity index (χ2n) is 6.74. The number of hydrogen-bond acceptors (Lipinski definition) is 2. The van der Waals surface area contributed by atoms with Gasteiger partial charge < -0.3 is 0 Å². The average molecular weight is 254 g/mol. The number of imidazole rings is 1. The third-order valence-corrected chi connectivity index (χ3v) is 5.80. The standard InChI is InChI=1S/C16H18N2O/c1-15(2)10-8-9-16(15,3)14(19)18-12-7-5-4-6-11(12)17-13(10)18/h4-7,10H,8-9H2,1-3H3/t10-,16+/m0/s1. The van der Waals surface area contributed by atoms with Gasteiger partial charge in [-0.1, -0.05) is 32.9 Å². The number of para-hydroxylation sites is 2. The Labute approximate surface area is 112 Å². The van der Waals surface area contributed by atoms with Crippen molar-refractivity contribution in [2.24, 2.45) is 10.8 Å². The molecule has 0 amide bonds. The highest BCUT2D eigenvalue weighted by atomic mass is 16.2. The molecule has 19 heavy (non-hydrogen) atoms. The average Bonchev–Trinajstić information content (AvgIpc) is 2.82. The summed E-state index contributed by atoms with van der Waals surface area (Å²) < 4.78 is 1.89. The normalized spacial score (nSPS) is 31.7. The maximum Gasteiger partial charge on any atom is 0.239 e. The zero-order valence-electron chi connectivity index (χ0n) is 11.6. The molecule has 2 aliphatic rings. The highest BCUT2D eigenvalue weighted by Crippen LogP contribution is 2.63. The first-order chi connectivity index (χ1) is 8.97. The molecule has 1 fully saturated rings. The van der Waals surface area contributed by atoms with E-state index in [0.717, 1.165) is 29.7 Å². The van der Waals surface area contributed by atoms with Crippen molar-refractivity contribution in [3.05, 3.63) is 30.1 Å². The van der Waals surface area contributed by atoms with Crippen LogP contribution in [0.1, 0.15) is 50.1 Å². The second kappa shape index (κ2) is 3.09. The number of carbonyl (C=O) groups is 1. The fourth-order valence-corrected chi connectivity index (χ4v) is 4.07. The lowest BCUT2D eigenvalue weighted by molar-refractivity contribution is 0.0413. The van der Waals surface area contributed by atoms with Crippen molar-refractivity contribution in [3.8, 4) is 0 Å². The van der Waals surface area contributed by atoms with E-state index in [4.69, 9.17) is 4.98 Å². The minimum atomic E-state index is -0.256. The summed E-state index contributed by atoms with van der Waals surface area (Å²) in [7, 11) is 0. The summed E-state index contributed by atoms with van der Waals surface area (Å²) in [4.78, 5) is 17.8. The summed E-state index contributed by atoms with van der Waals surface area (Å²) in [5.74, 6) is 1.60. The molecule has 0 saturated heterocycles. The molecule has 0 spiro atoms. The Morgan fingerprint density at radius 2 is 2.00 bits per heavy atom. The van der Waals surface area contributed by atoms with Crippen molar-refractivity contribution in [2.75, 3.05) is 0 Å². The first kappa shape index (κ1) is 11.2. The Morgan fingerprint density at radius 1 is 1.26 bits per heavy atom. The summed E-state index contributed by atoms with van der Waals surface area (Å²) in [5, 5.41) is 0. The third kappa shape index (κ3) is 1.06. The van der Waals surface area contributed by atoms with Crippen LogP contribution in [-0.2, 0) is 0 Å². The van der Waals surface area contributed by atoms with Crippen LogP contribution in [0.5, 0.6) is 0 Å². The van der Waals surface area contributed by atoms with Gasteiger partial charge in [0, 0.05) is 5.92 Å². The number of fused-ring (bicyclic) bond motifs is 6. The minimum absolute atomic E-state index is 0.00145. The Balaban J connectivity index is 2.11. The minimum Gasteiger partial charge on any atom is -0.273 e. The first-order valence-electron chi connectivity index (χ1n) is 6.99. The molecule has 1 aromatic heterocycles. The van der Waals surface area contributed by atoms with Crippen LogP contribution in [0.4, 0.5) is 0 Å². The van der Waals surface area contributed by atoms with Crippen molar-refractivity contribution in [1.82, 2.24) is 9.55 Å². The maximum absolute atomic E-state index is 13.0. The number of aromatic nitrogens is 2. The van der Waals surface area contributed by atoms with E-state index in [2.05, 4.69) is 20.8 Å². The topological polar surface area (TPSA) is 34.9 Å². The molecule has 2 bridgehead atoms. The summed E-state index contributed by atoms with van der Waals surface area (Å²) in [6.07, 6.45) is 2.04. The summed E-state index contributed by atoms with van der Waals surface area (Å²) in [6, 6.07) is 7.97. The predicted molar refractivity (Wildman–Crippen MR) is 74.2 cm³/mol. The van der Waals surface area contributed by atoms with Crippen LogP contribution in [0.2, 0.25) is 0 Å². The highest BCUT2D eigenvalue weighted by Gasteiger charge is 2.61. The second-order valence-corrected chi connectivity index (χ2v) is 6.74. The Kier molecular flexibility index (Phi) is 1.82. The SMILES string of the molecule is CC1(C)[C@H]2CC[C@]1(C)C(=O)n1c2nc2ccccc21. The van der Waals surface area contributed by atoms with Crippen molar-refractivity contribution in [3.63, 3.8) is 0 Å². The molecular formula is C16H18N2O. The molecule has 4 rings (SSSR count). The van der Waals surface area contributed by atoms with Crippen molar-refractivity contribution in [1.29, 1.82) is 0 Å². The summed E-state index contributed by atoms with van der Waals surface area (Å²) in [6.45, 7) is 6.59. The van der Waals surface area contributed by atoms with Gasteiger partial charge in [0.15, 0.2) is 0 Å². The lowest BCUT2D eigenvalue weighted by Crippen LogP contribution is -2.47. The monoisotopic (exact) mass is 254 g/mol. The van der Waals surface area contributed by atoms with Gasteiger partial charge in [0.25, 0.3) is 0 Å². The van der Waals surface area contributed by atoms with Crippen LogP contribution in [-0.4, -0.2) is 15.5 Å². The van der Waals surface area contributed by atoms with Gasteiger partial charge in [0.1, 0.15) is 5.82 Å². The van der Waals surface area contributed by atoms with Crippen LogP contribution in [0.3, 0.4) is 0 Å². The number of rotatable bonds is 0. The molecule has 2 atom stereocenters. The molecule has 1 saturated carbocycles. The van der Waals surface area contributed by atoms with E-state index in [1.165, 1.54) is 0 Å². The van der Waals surface area contributed by atoms with E-state index >= 15 is 0 Å². The molecule has 0 N–H and O–H groups in total. The number of benzene rings is 1. The van der Waals surface area contributed by atoms with Crippen LogP contribution in [0, 0.1) is 10.8 Å². The van der Waals surface area contributed by atoms with Crippen LogP contribution < -0.4 is 0 Å². The van der Waals surface area contributed by atoms with E-state index in [1.807, 2.05) is 28.8 Å². The summed E-state index contributed by atoms with van der Waals surface area (Å²) in [5.41, 5.74) is 1.66. The lowest BCUT2D eigenvalue weighted by Gasteiger charge is -2.44.